The van der Waals surface area contributed by atoms with Crippen LogP contribution in [-0.4, -0.2) is 31.7 Å². The summed E-state index contributed by atoms with van der Waals surface area (Å²) in [7, 11) is -0.939. The van der Waals surface area contributed by atoms with Crippen molar-refractivity contribution in [1.82, 2.24) is 0 Å². The van der Waals surface area contributed by atoms with Gasteiger partial charge in [0.15, 0.2) is 19.5 Å². The molecule has 0 spiro atoms. The van der Waals surface area contributed by atoms with Crippen molar-refractivity contribution in [2.75, 3.05) is 0 Å². The van der Waals surface area contributed by atoms with E-state index in [0.29, 0.717) is 23.0 Å². The maximum absolute atomic E-state index is 6.51. The molecule has 2 atom stereocenters. The molecule has 0 aromatic rings. The highest BCUT2D eigenvalue weighted by molar-refractivity contribution is 6.48. The van der Waals surface area contributed by atoms with Crippen molar-refractivity contribution in [2.45, 2.75) is 139 Å². The first-order valence-electron chi connectivity index (χ1n) is 12.1. The Labute approximate surface area is 189 Å². The average molecular weight is 445 g/mol. The smallest absolute Gasteiger partial charge is 0.161 e. The minimum atomic E-state index is -0.470. The fourth-order valence-corrected chi connectivity index (χ4v) is 7.39. The van der Waals surface area contributed by atoms with E-state index in [1.54, 1.807) is 0 Å². The molecule has 0 heterocycles. The van der Waals surface area contributed by atoms with Crippen LogP contribution in [-0.2, 0) is 8.85 Å². The van der Waals surface area contributed by atoms with Gasteiger partial charge in [0, 0.05) is 12.2 Å². The van der Waals surface area contributed by atoms with Crippen LogP contribution in [0.25, 0.3) is 0 Å². The molecular weight excluding hydrogens is 388 g/mol. The Morgan fingerprint density at radius 1 is 0.552 bits per heavy atom. The summed E-state index contributed by atoms with van der Waals surface area (Å²) >= 11 is 0. The van der Waals surface area contributed by atoms with Crippen LogP contribution in [0.3, 0.4) is 0 Å². The molecule has 2 unspecified atom stereocenters. The van der Waals surface area contributed by atoms with Gasteiger partial charge >= 0.3 is 0 Å². The van der Waals surface area contributed by atoms with Crippen LogP contribution in [0.5, 0.6) is 0 Å². The van der Waals surface area contributed by atoms with Crippen LogP contribution in [0.2, 0.25) is 5.67 Å². The summed E-state index contributed by atoms with van der Waals surface area (Å²) in [5.41, 5.74) is 2.60. The van der Waals surface area contributed by atoms with Crippen LogP contribution in [0.15, 0.2) is 0 Å². The Hall–Kier alpha value is 0.354. The first-order valence-corrected chi connectivity index (χ1v) is 15.3. The molecule has 0 N–H and O–H groups in total. The third kappa shape index (κ3) is 16.7. The van der Waals surface area contributed by atoms with Crippen LogP contribution in [0.4, 0.5) is 0 Å². The van der Waals surface area contributed by atoms with E-state index in [1.165, 1.54) is 44.2 Å². The maximum Gasteiger partial charge on any atom is 0.161 e. The molecule has 0 aliphatic carbocycles. The Morgan fingerprint density at radius 3 is 1.10 bits per heavy atom. The number of hydrogen-bond acceptors (Lipinski definition) is 2. The molecule has 0 aliphatic heterocycles. The first kappa shape index (κ1) is 29.4. The van der Waals surface area contributed by atoms with Crippen molar-refractivity contribution in [2.24, 2.45) is 21.7 Å². The Balaban J connectivity index is 4.35. The molecule has 0 rings (SSSR count). The summed E-state index contributed by atoms with van der Waals surface area (Å²) < 4.78 is 13.0. The lowest BCUT2D eigenvalue weighted by molar-refractivity contribution is 0.0735. The third-order valence-electron chi connectivity index (χ3n) is 5.64. The second kappa shape index (κ2) is 12.4. The summed E-state index contributed by atoms with van der Waals surface area (Å²) in [5, 5.41) is 0. The van der Waals surface area contributed by atoms with Crippen molar-refractivity contribution in [3.8, 4) is 0 Å². The van der Waals surface area contributed by atoms with Gasteiger partial charge in [-0.1, -0.05) is 95.9 Å². The molecule has 4 heteroatoms. The Bertz CT molecular complexity index is 382. The minimum Gasteiger partial charge on any atom is -0.421 e. The monoisotopic (exact) mass is 444 g/mol. The van der Waals surface area contributed by atoms with Crippen LogP contribution >= 0.6 is 0 Å². The normalized spacial score (nSPS) is 17.0. The van der Waals surface area contributed by atoms with Crippen LogP contribution in [0.1, 0.15) is 122 Å². The van der Waals surface area contributed by atoms with Crippen LogP contribution < -0.4 is 0 Å². The molecule has 0 saturated heterocycles. The predicted molar refractivity (Wildman–Crippen MR) is 137 cm³/mol. The molecule has 0 saturated carbocycles. The number of hydrogen-bond donors (Lipinski definition) is 0. The molecule has 176 valence electrons. The highest BCUT2D eigenvalue weighted by Gasteiger charge is 2.27. The summed E-state index contributed by atoms with van der Waals surface area (Å²) in [6.07, 6.45) is 8.34. The van der Waals surface area contributed by atoms with Gasteiger partial charge in [0.05, 0.1) is 0 Å². The highest BCUT2D eigenvalue weighted by atomic mass is 28.3. The van der Waals surface area contributed by atoms with Crippen molar-refractivity contribution < 1.29 is 8.85 Å². The molecule has 0 aliphatic rings. The zero-order chi connectivity index (χ0) is 22.9. The van der Waals surface area contributed by atoms with E-state index < -0.39 is 19.5 Å². The summed E-state index contributed by atoms with van der Waals surface area (Å²) in [4.78, 5) is 0. The van der Waals surface area contributed by atoms with Crippen molar-refractivity contribution in [3.63, 3.8) is 0 Å². The molecule has 0 fully saturated rings. The van der Waals surface area contributed by atoms with Gasteiger partial charge in [-0.3, -0.25) is 0 Å². The lowest BCUT2D eigenvalue weighted by atomic mass is 9.83. The van der Waals surface area contributed by atoms with E-state index in [9.17, 15) is 0 Å². The van der Waals surface area contributed by atoms with E-state index in [0.717, 1.165) is 0 Å². The summed E-state index contributed by atoms with van der Waals surface area (Å²) in [5.74, 6) is 0. The van der Waals surface area contributed by atoms with Gasteiger partial charge in [-0.25, -0.2) is 0 Å². The second-order valence-corrected chi connectivity index (χ2v) is 18.0. The molecular formula is C25H56O2Si2. The third-order valence-corrected chi connectivity index (χ3v) is 9.23. The van der Waals surface area contributed by atoms with Crippen molar-refractivity contribution in [1.29, 1.82) is 0 Å². The quantitative estimate of drug-likeness (QED) is 0.243. The molecule has 0 bridgehead atoms. The van der Waals surface area contributed by atoms with Gasteiger partial charge in [0.25, 0.3) is 0 Å². The topological polar surface area (TPSA) is 18.5 Å². The average Bonchev–Trinajstić information content (AvgIpc) is 2.46. The fraction of sp³-hybridized carbons (Fsp3) is 1.00. The largest absolute Gasteiger partial charge is 0.421 e. The SMILES string of the molecule is CC(C)(C)CCCC(O[SiH2]C[SiH2]OC(CCCC(C)(C)C)C(C)(C)C)C(C)(C)C. The molecule has 0 aromatic heterocycles. The van der Waals surface area contributed by atoms with Gasteiger partial charge in [-0.05, 0) is 53.0 Å². The van der Waals surface area contributed by atoms with Crippen molar-refractivity contribution in [3.05, 3.63) is 0 Å². The standard InChI is InChI=1S/C25H56O2Si2/c1-22(2,3)17-13-15-20(24(7,8)9)26-28-19-29-27-21(25(10,11)12)16-14-18-23(4,5)6/h20-21H,13-19,28-29H2,1-12H3. The first-order chi connectivity index (χ1) is 12.9. The van der Waals surface area contributed by atoms with E-state index in [-0.39, 0.29) is 10.8 Å². The second-order valence-electron chi connectivity index (χ2n) is 13.7. The zero-order valence-corrected chi connectivity index (χ0v) is 25.2. The maximum atomic E-state index is 6.51. The highest BCUT2D eigenvalue weighted by Crippen LogP contribution is 2.31. The zero-order valence-electron chi connectivity index (χ0n) is 22.3. The van der Waals surface area contributed by atoms with E-state index in [1.807, 2.05) is 0 Å². The van der Waals surface area contributed by atoms with E-state index >= 15 is 0 Å². The summed E-state index contributed by atoms with van der Waals surface area (Å²) in [6.45, 7) is 28.0. The fourth-order valence-electron chi connectivity index (χ4n) is 3.68. The predicted octanol–water partition coefficient (Wildman–Crippen LogP) is 6.83. The molecule has 0 aromatic carbocycles. The molecule has 2 nitrogen and oxygen atoms in total. The molecule has 29 heavy (non-hydrogen) atoms. The Morgan fingerprint density at radius 2 is 0.862 bits per heavy atom. The van der Waals surface area contributed by atoms with E-state index in [2.05, 4.69) is 83.1 Å². The van der Waals surface area contributed by atoms with Gasteiger partial charge in [-0.2, -0.15) is 0 Å². The Kier molecular flexibility index (Phi) is 12.6. The van der Waals surface area contributed by atoms with Gasteiger partial charge in [-0.15, -0.1) is 0 Å². The van der Waals surface area contributed by atoms with Gasteiger partial charge in [0.2, 0.25) is 0 Å². The van der Waals surface area contributed by atoms with Crippen molar-refractivity contribution >= 4 is 19.5 Å². The molecule has 0 radical (unpaired) electrons. The summed E-state index contributed by atoms with van der Waals surface area (Å²) in [6, 6.07) is 0. The molecule has 0 amide bonds. The van der Waals surface area contributed by atoms with E-state index in [4.69, 9.17) is 8.85 Å². The number of rotatable bonds is 12. The van der Waals surface area contributed by atoms with Gasteiger partial charge < -0.3 is 8.85 Å². The van der Waals surface area contributed by atoms with Gasteiger partial charge in [0.1, 0.15) is 0 Å². The van der Waals surface area contributed by atoms with Crippen LogP contribution in [0, 0.1) is 21.7 Å². The minimum absolute atomic E-state index is 0.244. The lowest BCUT2D eigenvalue weighted by Gasteiger charge is -2.33. The lowest BCUT2D eigenvalue weighted by Crippen LogP contribution is -2.33.